The van der Waals surface area contributed by atoms with Gasteiger partial charge in [-0.25, -0.2) is 17.9 Å². The molecular formula is C10H19N5O3S. The number of aryl methyl sites for hydroxylation is 1. The van der Waals surface area contributed by atoms with E-state index in [4.69, 9.17) is 5.73 Å². The molecule has 1 aromatic heterocycles. The van der Waals surface area contributed by atoms with Crippen molar-refractivity contribution in [3.8, 4) is 0 Å². The first-order valence-electron chi connectivity index (χ1n) is 5.58. The molecular weight excluding hydrogens is 270 g/mol. The highest BCUT2D eigenvalue weighted by molar-refractivity contribution is 7.90. The third-order valence-electron chi connectivity index (χ3n) is 2.29. The number of aromatic nitrogens is 2. The lowest BCUT2D eigenvalue weighted by atomic mass is 10.1. The summed E-state index contributed by atoms with van der Waals surface area (Å²) in [6, 6.07) is -0.810. The molecule has 108 valence electrons. The van der Waals surface area contributed by atoms with E-state index in [2.05, 4.69) is 10.4 Å². The summed E-state index contributed by atoms with van der Waals surface area (Å²) < 4.78 is 27.4. The predicted molar refractivity (Wildman–Crippen MR) is 71.0 cm³/mol. The summed E-state index contributed by atoms with van der Waals surface area (Å²) in [5, 5.41) is 6.30. The molecule has 0 aliphatic carbocycles. The van der Waals surface area contributed by atoms with Gasteiger partial charge in [-0.1, -0.05) is 0 Å². The zero-order valence-corrected chi connectivity index (χ0v) is 12.4. The minimum Gasteiger partial charge on any atom is -0.381 e. The normalized spacial score (nSPS) is 12.3. The summed E-state index contributed by atoms with van der Waals surface area (Å²) in [4.78, 5) is 11.4. The number of carbonyl (C=O) groups excluding carboxylic acids is 1. The Morgan fingerprint density at radius 2 is 1.89 bits per heavy atom. The van der Waals surface area contributed by atoms with E-state index in [0.29, 0.717) is 5.69 Å². The average molecular weight is 289 g/mol. The Balaban J connectivity index is 3.03. The van der Waals surface area contributed by atoms with E-state index in [-0.39, 0.29) is 10.7 Å². The Bertz CT molecular complexity index is 597. The number of amides is 2. The summed E-state index contributed by atoms with van der Waals surface area (Å²) in [5.74, 6) is -0.143. The standard InChI is InChI=1S/C10H19N5O3S/c1-6-7(8(11)13-15(6)5)19(17,18)14-9(16)12-10(2,3)4/h1-5H3,(H2,11,13)(H2,12,14,16). The average Bonchev–Trinajstić information content (AvgIpc) is 2.35. The Labute approximate surface area is 112 Å². The van der Waals surface area contributed by atoms with Crippen LogP contribution in [-0.2, 0) is 17.1 Å². The number of nitrogens with two attached hydrogens (primary N) is 1. The summed E-state index contributed by atoms with van der Waals surface area (Å²) >= 11 is 0. The maximum Gasteiger partial charge on any atom is 0.329 e. The Morgan fingerprint density at radius 3 is 2.26 bits per heavy atom. The van der Waals surface area contributed by atoms with Crippen molar-refractivity contribution in [3.05, 3.63) is 5.69 Å². The van der Waals surface area contributed by atoms with E-state index in [0.717, 1.165) is 0 Å². The fraction of sp³-hybridized carbons (Fsp3) is 0.600. The first-order valence-corrected chi connectivity index (χ1v) is 7.06. The number of nitrogens with zero attached hydrogens (tertiary/aromatic N) is 2. The van der Waals surface area contributed by atoms with Gasteiger partial charge in [0.15, 0.2) is 10.7 Å². The maximum atomic E-state index is 12.1. The smallest absolute Gasteiger partial charge is 0.329 e. The van der Waals surface area contributed by atoms with Crippen molar-refractivity contribution in [2.45, 2.75) is 38.1 Å². The van der Waals surface area contributed by atoms with Gasteiger partial charge in [0.1, 0.15) is 0 Å². The van der Waals surface area contributed by atoms with E-state index in [1.165, 1.54) is 4.68 Å². The molecule has 0 radical (unpaired) electrons. The van der Waals surface area contributed by atoms with Gasteiger partial charge in [0.05, 0.1) is 5.69 Å². The number of nitrogens with one attached hydrogen (secondary N) is 2. The van der Waals surface area contributed by atoms with E-state index >= 15 is 0 Å². The predicted octanol–water partition coefficient (Wildman–Crippen LogP) is 0.0971. The zero-order valence-electron chi connectivity index (χ0n) is 11.6. The molecule has 0 atom stereocenters. The molecule has 0 saturated carbocycles. The first-order chi connectivity index (χ1) is 8.44. The fourth-order valence-corrected chi connectivity index (χ4v) is 2.72. The number of urea groups is 1. The topological polar surface area (TPSA) is 119 Å². The third kappa shape index (κ3) is 3.60. The lowest BCUT2D eigenvalue weighted by Crippen LogP contribution is -2.48. The van der Waals surface area contributed by atoms with Crippen LogP contribution in [0.25, 0.3) is 0 Å². The summed E-state index contributed by atoms with van der Waals surface area (Å²) in [7, 11) is -2.47. The van der Waals surface area contributed by atoms with Crippen molar-refractivity contribution < 1.29 is 13.2 Å². The van der Waals surface area contributed by atoms with Crippen LogP contribution in [-0.4, -0.2) is 29.8 Å². The van der Waals surface area contributed by atoms with Crippen molar-refractivity contribution in [3.63, 3.8) is 0 Å². The minimum atomic E-state index is -4.04. The minimum absolute atomic E-state index is 0.143. The summed E-state index contributed by atoms with van der Waals surface area (Å²) in [5.41, 5.74) is 5.36. The van der Waals surface area contributed by atoms with Crippen molar-refractivity contribution in [2.75, 3.05) is 5.73 Å². The molecule has 4 N–H and O–H groups in total. The molecule has 0 aromatic carbocycles. The van der Waals surface area contributed by atoms with Gasteiger partial charge >= 0.3 is 6.03 Å². The lowest BCUT2D eigenvalue weighted by Gasteiger charge is -2.20. The van der Waals surface area contributed by atoms with Crippen LogP contribution < -0.4 is 15.8 Å². The second-order valence-electron chi connectivity index (χ2n) is 5.23. The highest BCUT2D eigenvalue weighted by Crippen LogP contribution is 2.20. The molecule has 19 heavy (non-hydrogen) atoms. The number of carbonyl (C=O) groups is 1. The molecule has 0 fully saturated rings. The van der Waals surface area contributed by atoms with Gasteiger partial charge in [0.2, 0.25) is 0 Å². The van der Waals surface area contributed by atoms with Crippen LogP contribution >= 0.6 is 0 Å². The maximum absolute atomic E-state index is 12.1. The van der Waals surface area contributed by atoms with E-state index in [1.54, 1.807) is 34.7 Å². The molecule has 1 rings (SSSR count). The van der Waals surface area contributed by atoms with E-state index < -0.39 is 21.6 Å². The fourth-order valence-electron chi connectivity index (χ4n) is 1.49. The third-order valence-corrected chi connectivity index (χ3v) is 3.78. The summed E-state index contributed by atoms with van der Waals surface area (Å²) in [6.45, 7) is 6.77. The van der Waals surface area contributed by atoms with Crippen LogP contribution in [0.2, 0.25) is 0 Å². The largest absolute Gasteiger partial charge is 0.381 e. The van der Waals surface area contributed by atoms with Crippen LogP contribution in [0.4, 0.5) is 10.6 Å². The van der Waals surface area contributed by atoms with Gasteiger partial charge in [0, 0.05) is 12.6 Å². The molecule has 9 heteroatoms. The molecule has 1 aromatic rings. The van der Waals surface area contributed by atoms with Gasteiger partial charge in [-0.3, -0.25) is 4.68 Å². The molecule has 0 bridgehead atoms. The van der Waals surface area contributed by atoms with Crippen molar-refractivity contribution >= 4 is 21.9 Å². The number of rotatable bonds is 2. The first kappa shape index (κ1) is 15.3. The number of anilines is 1. The number of hydrogen-bond donors (Lipinski definition) is 3. The zero-order chi connectivity index (χ0) is 15.0. The number of sulfonamides is 1. The Kier molecular flexibility index (Phi) is 3.80. The van der Waals surface area contributed by atoms with Crippen molar-refractivity contribution in [1.82, 2.24) is 19.8 Å². The molecule has 0 aliphatic heterocycles. The van der Waals surface area contributed by atoms with E-state index in [1.807, 2.05) is 4.72 Å². The van der Waals surface area contributed by atoms with Crippen LogP contribution in [0, 0.1) is 6.92 Å². The van der Waals surface area contributed by atoms with Gasteiger partial charge in [-0.2, -0.15) is 5.10 Å². The summed E-state index contributed by atoms with van der Waals surface area (Å²) in [6.07, 6.45) is 0. The number of nitrogen functional groups attached to an aromatic ring is 1. The van der Waals surface area contributed by atoms with Crippen molar-refractivity contribution in [1.29, 1.82) is 0 Å². The van der Waals surface area contributed by atoms with Gasteiger partial charge in [0.25, 0.3) is 10.0 Å². The molecule has 8 nitrogen and oxygen atoms in total. The highest BCUT2D eigenvalue weighted by atomic mass is 32.2. The Morgan fingerprint density at radius 1 is 1.37 bits per heavy atom. The molecule has 2 amide bonds. The molecule has 0 spiro atoms. The highest BCUT2D eigenvalue weighted by Gasteiger charge is 2.27. The molecule has 0 aliphatic rings. The van der Waals surface area contributed by atoms with Crippen LogP contribution in [0.1, 0.15) is 26.5 Å². The number of hydrogen-bond acceptors (Lipinski definition) is 5. The van der Waals surface area contributed by atoms with E-state index in [9.17, 15) is 13.2 Å². The van der Waals surface area contributed by atoms with Gasteiger partial charge in [-0.15, -0.1) is 0 Å². The monoisotopic (exact) mass is 289 g/mol. The van der Waals surface area contributed by atoms with Gasteiger partial charge in [-0.05, 0) is 27.7 Å². The Hall–Kier alpha value is -1.77. The van der Waals surface area contributed by atoms with Crippen LogP contribution in [0.5, 0.6) is 0 Å². The lowest BCUT2D eigenvalue weighted by molar-refractivity contribution is 0.237. The second kappa shape index (κ2) is 4.72. The SMILES string of the molecule is Cc1c(S(=O)(=O)NC(=O)NC(C)(C)C)c(N)nn1C. The van der Waals surface area contributed by atoms with Crippen molar-refractivity contribution in [2.24, 2.45) is 7.05 Å². The van der Waals surface area contributed by atoms with Crippen LogP contribution in [0.3, 0.4) is 0 Å². The molecule has 0 unspecified atom stereocenters. The van der Waals surface area contributed by atoms with Gasteiger partial charge < -0.3 is 11.1 Å². The molecule has 1 heterocycles. The second-order valence-corrected chi connectivity index (χ2v) is 6.85. The molecule has 0 saturated heterocycles. The quantitative estimate of drug-likeness (QED) is 0.713. The van der Waals surface area contributed by atoms with Crippen LogP contribution in [0.15, 0.2) is 4.90 Å².